The molecule has 0 saturated heterocycles. The Morgan fingerprint density at radius 3 is 2.52 bits per heavy atom. The Morgan fingerprint density at radius 1 is 1.00 bits per heavy atom. The van der Waals surface area contributed by atoms with E-state index in [1.54, 1.807) is 7.11 Å². The number of aromatic nitrogens is 2. The second kappa shape index (κ2) is 5.39. The molecular weight excluding hydrogens is 352 g/mol. The van der Waals surface area contributed by atoms with Crippen molar-refractivity contribution < 1.29 is 4.74 Å². The first-order valence-electron chi connectivity index (χ1n) is 7.38. The fourth-order valence-electron chi connectivity index (χ4n) is 3.03. The van der Waals surface area contributed by atoms with Crippen molar-refractivity contribution in [2.75, 3.05) is 7.11 Å². The monoisotopic (exact) mass is 366 g/mol. The Hall–Kier alpha value is -2.33. The summed E-state index contributed by atoms with van der Waals surface area (Å²) >= 11 is 3.64. The number of halogens is 1. The Labute approximate surface area is 142 Å². The van der Waals surface area contributed by atoms with Crippen LogP contribution in [0.25, 0.3) is 32.9 Å². The quantitative estimate of drug-likeness (QED) is 0.511. The van der Waals surface area contributed by atoms with Gasteiger partial charge in [-0.1, -0.05) is 28.1 Å². The number of aryl methyl sites for hydroxylation is 1. The van der Waals surface area contributed by atoms with E-state index in [9.17, 15) is 0 Å². The van der Waals surface area contributed by atoms with Crippen molar-refractivity contribution in [3.63, 3.8) is 0 Å². The summed E-state index contributed by atoms with van der Waals surface area (Å²) in [6.45, 7) is 2.03. The molecule has 0 aliphatic carbocycles. The zero-order valence-corrected chi connectivity index (χ0v) is 14.4. The minimum atomic E-state index is 0.858. The van der Waals surface area contributed by atoms with E-state index in [4.69, 9.17) is 4.74 Å². The molecule has 0 aliphatic heterocycles. The lowest BCUT2D eigenvalue weighted by molar-refractivity contribution is 0.415. The maximum atomic E-state index is 5.25. The van der Waals surface area contributed by atoms with E-state index < -0.39 is 0 Å². The topological polar surface area (TPSA) is 37.9 Å². The van der Waals surface area contributed by atoms with Crippen LogP contribution in [0.15, 0.2) is 53.1 Å². The molecule has 1 N–H and O–H groups in total. The van der Waals surface area contributed by atoms with Crippen LogP contribution in [-0.2, 0) is 0 Å². The lowest BCUT2D eigenvalue weighted by atomic mass is 10.0. The largest absolute Gasteiger partial charge is 0.497 e. The number of pyridine rings is 1. The standard InChI is InChI=1S/C19H15BrN2O/c1-11-18-15(7-8-21-11)17-10-13(20)9-16(19(17)22-18)12-3-5-14(23-2)6-4-12/h3-10,22H,1-2H3. The molecule has 0 bridgehead atoms. The van der Waals surface area contributed by atoms with Gasteiger partial charge in [0, 0.05) is 27.0 Å². The van der Waals surface area contributed by atoms with Gasteiger partial charge in [0.2, 0.25) is 0 Å². The molecule has 0 spiro atoms. The van der Waals surface area contributed by atoms with Crippen LogP contribution in [0.1, 0.15) is 5.69 Å². The van der Waals surface area contributed by atoms with Gasteiger partial charge in [-0.3, -0.25) is 4.98 Å². The highest BCUT2D eigenvalue weighted by molar-refractivity contribution is 9.10. The number of hydrogen-bond donors (Lipinski definition) is 1. The van der Waals surface area contributed by atoms with Crippen molar-refractivity contribution in [2.24, 2.45) is 0 Å². The first kappa shape index (κ1) is 14.3. The summed E-state index contributed by atoms with van der Waals surface area (Å²) in [6, 6.07) is 14.5. The van der Waals surface area contributed by atoms with Crippen LogP contribution in [0.2, 0.25) is 0 Å². The third-order valence-corrected chi connectivity index (χ3v) is 4.64. The van der Waals surface area contributed by atoms with Crippen LogP contribution in [0.4, 0.5) is 0 Å². The van der Waals surface area contributed by atoms with Crippen LogP contribution in [-0.4, -0.2) is 17.1 Å². The van der Waals surface area contributed by atoms with Gasteiger partial charge >= 0.3 is 0 Å². The number of hydrogen-bond acceptors (Lipinski definition) is 2. The number of rotatable bonds is 2. The van der Waals surface area contributed by atoms with Gasteiger partial charge in [-0.2, -0.15) is 0 Å². The molecule has 0 unspecified atom stereocenters. The second-order valence-corrected chi connectivity index (χ2v) is 6.46. The molecule has 2 aromatic carbocycles. The number of fused-ring (bicyclic) bond motifs is 3. The van der Waals surface area contributed by atoms with E-state index in [1.807, 2.05) is 25.3 Å². The molecule has 4 aromatic rings. The van der Waals surface area contributed by atoms with Crippen LogP contribution in [0.5, 0.6) is 5.75 Å². The van der Waals surface area contributed by atoms with E-state index in [2.05, 4.69) is 56.2 Å². The highest BCUT2D eigenvalue weighted by atomic mass is 79.9. The number of nitrogens with one attached hydrogen (secondary N) is 1. The highest BCUT2D eigenvalue weighted by Crippen LogP contribution is 2.36. The van der Waals surface area contributed by atoms with Gasteiger partial charge in [-0.05, 0) is 42.8 Å². The van der Waals surface area contributed by atoms with Gasteiger partial charge in [0.05, 0.1) is 23.8 Å². The summed E-state index contributed by atoms with van der Waals surface area (Å²) in [5.74, 6) is 0.858. The molecule has 0 saturated carbocycles. The fourth-order valence-corrected chi connectivity index (χ4v) is 3.48. The van der Waals surface area contributed by atoms with Crippen molar-refractivity contribution in [3.8, 4) is 16.9 Å². The van der Waals surface area contributed by atoms with E-state index in [0.29, 0.717) is 0 Å². The molecule has 4 heteroatoms. The summed E-state index contributed by atoms with van der Waals surface area (Å²) in [7, 11) is 1.68. The van der Waals surface area contributed by atoms with Crippen molar-refractivity contribution >= 4 is 37.7 Å². The van der Waals surface area contributed by atoms with Crippen LogP contribution in [0.3, 0.4) is 0 Å². The van der Waals surface area contributed by atoms with Gasteiger partial charge < -0.3 is 9.72 Å². The molecule has 4 rings (SSSR count). The van der Waals surface area contributed by atoms with Crippen molar-refractivity contribution in [2.45, 2.75) is 6.92 Å². The lowest BCUT2D eigenvalue weighted by Gasteiger charge is -2.06. The number of benzene rings is 2. The molecular formula is C19H15BrN2O. The molecule has 2 heterocycles. The maximum Gasteiger partial charge on any atom is 0.118 e. The fraction of sp³-hybridized carbons (Fsp3) is 0.105. The summed E-state index contributed by atoms with van der Waals surface area (Å²) < 4.78 is 6.32. The van der Waals surface area contributed by atoms with Gasteiger partial charge in [0.25, 0.3) is 0 Å². The van der Waals surface area contributed by atoms with Gasteiger partial charge in [-0.25, -0.2) is 0 Å². The Morgan fingerprint density at radius 2 is 1.78 bits per heavy atom. The summed E-state index contributed by atoms with van der Waals surface area (Å²) in [6.07, 6.45) is 1.86. The van der Waals surface area contributed by atoms with E-state index in [-0.39, 0.29) is 0 Å². The molecule has 0 radical (unpaired) electrons. The summed E-state index contributed by atoms with van der Waals surface area (Å²) in [5.41, 5.74) is 5.54. The Balaban J connectivity index is 2.05. The van der Waals surface area contributed by atoms with Crippen molar-refractivity contribution in [1.29, 1.82) is 0 Å². The Bertz CT molecular complexity index is 1020. The lowest BCUT2D eigenvalue weighted by Crippen LogP contribution is -1.84. The number of nitrogens with zero attached hydrogens (tertiary/aromatic N) is 1. The number of H-pyrrole nitrogens is 1. The molecule has 3 nitrogen and oxygen atoms in total. The Kier molecular flexibility index (Phi) is 3.34. The van der Waals surface area contributed by atoms with Gasteiger partial charge in [-0.15, -0.1) is 0 Å². The van der Waals surface area contributed by atoms with Gasteiger partial charge in [0.1, 0.15) is 5.75 Å². The maximum absolute atomic E-state index is 5.25. The summed E-state index contributed by atoms with van der Waals surface area (Å²) in [5, 5.41) is 2.40. The molecule has 2 aromatic heterocycles. The SMILES string of the molecule is COc1ccc(-c2cc(Br)cc3c2[nH]c2c(C)nccc23)cc1. The minimum Gasteiger partial charge on any atom is -0.497 e. The van der Waals surface area contributed by atoms with Gasteiger partial charge in [0.15, 0.2) is 0 Å². The van der Waals surface area contributed by atoms with Crippen LogP contribution in [0, 0.1) is 6.92 Å². The predicted molar refractivity (Wildman–Crippen MR) is 98.0 cm³/mol. The number of ether oxygens (including phenoxy) is 1. The molecule has 0 fully saturated rings. The van der Waals surface area contributed by atoms with Crippen molar-refractivity contribution in [3.05, 3.63) is 58.8 Å². The van der Waals surface area contributed by atoms with E-state index in [0.717, 1.165) is 38.1 Å². The third-order valence-electron chi connectivity index (χ3n) is 4.18. The minimum absolute atomic E-state index is 0.858. The smallest absolute Gasteiger partial charge is 0.118 e. The zero-order valence-electron chi connectivity index (χ0n) is 12.9. The summed E-state index contributed by atoms with van der Waals surface area (Å²) in [4.78, 5) is 7.95. The second-order valence-electron chi connectivity index (χ2n) is 5.55. The third kappa shape index (κ3) is 2.30. The molecule has 0 aliphatic rings. The average molecular weight is 367 g/mol. The van der Waals surface area contributed by atoms with Crippen LogP contribution >= 0.6 is 15.9 Å². The number of methoxy groups -OCH3 is 1. The average Bonchev–Trinajstić information content (AvgIpc) is 2.94. The normalized spacial score (nSPS) is 11.3. The first-order valence-corrected chi connectivity index (χ1v) is 8.17. The van der Waals surface area contributed by atoms with Crippen molar-refractivity contribution in [1.82, 2.24) is 9.97 Å². The molecule has 114 valence electrons. The predicted octanol–water partition coefficient (Wildman–Crippen LogP) is 5.46. The number of aromatic amines is 1. The van der Waals surface area contributed by atoms with E-state index >= 15 is 0 Å². The molecule has 0 atom stereocenters. The zero-order chi connectivity index (χ0) is 16.0. The first-order chi connectivity index (χ1) is 11.2. The highest BCUT2D eigenvalue weighted by Gasteiger charge is 2.12. The van der Waals surface area contributed by atoms with E-state index in [1.165, 1.54) is 10.8 Å². The van der Waals surface area contributed by atoms with Crippen LogP contribution < -0.4 is 4.74 Å². The molecule has 0 amide bonds. The molecule has 23 heavy (non-hydrogen) atoms.